The third-order valence-electron chi connectivity index (χ3n) is 3.87. The second-order valence-electron chi connectivity index (χ2n) is 5.37. The van der Waals surface area contributed by atoms with Crippen molar-refractivity contribution in [3.63, 3.8) is 0 Å². The fraction of sp³-hybridized carbons (Fsp3) is 0.385. The summed E-state index contributed by atoms with van der Waals surface area (Å²) in [5.41, 5.74) is 0.819. The summed E-state index contributed by atoms with van der Waals surface area (Å²) in [6.45, 7) is -1.25. The molecule has 2 atom stereocenters. The first kappa shape index (κ1) is 16.0. The molecule has 3 rings (SSSR count). The predicted octanol–water partition coefficient (Wildman–Crippen LogP) is 1.95. The molecule has 2 heterocycles. The van der Waals surface area contributed by atoms with Gasteiger partial charge in [0.25, 0.3) is 0 Å². The first-order valence-corrected chi connectivity index (χ1v) is 6.84. The fourth-order valence-electron chi connectivity index (χ4n) is 2.65. The molecule has 0 aliphatic carbocycles. The number of hydrogen-bond acceptors (Lipinski definition) is 5. The summed E-state index contributed by atoms with van der Waals surface area (Å²) in [5, 5.41) is 18.6. The fourth-order valence-corrected chi connectivity index (χ4v) is 2.65. The number of hydrogen-bond donors (Lipinski definition) is 2. The maximum absolute atomic E-state index is 12.9. The minimum absolute atomic E-state index is 0.209. The molecule has 0 spiro atoms. The number of aliphatic carboxylic acids is 1. The molecule has 1 aliphatic rings. The van der Waals surface area contributed by atoms with E-state index in [0.29, 0.717) is 5.52 Å². The summed E-state index contributed by atoms with van der Waals surface area (Å²) < 4.78 is 43.4. The van der Waals surface area contributed by atoms with E-state index < -0.39 is 43.1 Å². The Hall–Kier alpha value is -2.85. The third kappa shape index (κ3) is 2.84. The average Bonchev–Trinajstić information content (AvgIpc) is 3.14. The molecule has 2 amide bonds. The highest BCUT2D eigenvalue weighted by atomic mass is 19.4. The van der Waals surface area contributed by atoms with Crippen molar-refractivity contribution in [3.05, 3.63) is 18.2 Å². The number of anilines is 1. The highest BCUT2D eigenvalue weighted by molar-refractivity contribution is 5.98. The first-order valence-electron chi connectivity index (χ1n) is 6.84. The standard InChI is InChI=1S/C13H11F3N4O4/c14-13(15,16)7-5-20(4-6(7)11(21)22)12(23)17-8-2-1-3-9-10(8)19-24-18-9/h1-3,6-7H,4-5H2,(H,17,23)(H,21,22)/t6-,7-/m1/s1. The van der Waals surface area contributed by atoms with Gasteiger partial charge in [0.2, 0.25) is 0 Å². The molecule has 11 heteroatoms. The van der Waals surface area contributed by atoms with Gasteiger partial charge in [-0.3, -0.25) is 4.79 Å². The van der Waals surface area contributed by atoms with Crippen molar-refractivity contribution < 1.29 is 32.5 Å². The quantitative estimate of drug-likeness (QED) is 0.862. The van der Waals surface area contributed by atoms with Crippen molar-refractivity contribution in [1.29, 1.82) is 0 Å². The van der Waals surface area contributed by atoms with Crippen LogP contribution in [0.5, 0.6) is 0 Å². The van der Waals surface area contributed by atoms with Gasteiger partial charge in [0.1, 0.15) is 5.52 Å². The SMILES string of the molecule is O=C(O)[C@@H]1CN(C(=O)Nc2cccc3nonc23)C[C@H]1C(F)(F)F. The molecule has 8 nitrogen and oxygen atoms in total. The zero-order valence-corrected chi connectivity index (χ0v) is 11.9. The molecular formula is C13H11F3N4O4. The molecule has 1 aromatic heterocycles. The Morgan fingerprint density at radius 1 is 1.29 bits per heavy atom. The van der Waals surface area contributed by atoms with Crippen molar-refractivity contribution in [2.45, 2.75) is 6.18 Å². The lowest BCUT2D eigenvalue weighted by molar-refractivity contribution is -0.187. The summed E-state index contributed by atoms with van der Waals surface area (Å²) in [6, 6.07) is 3.78. The molecule has 2 N–H and O–H groups in total. The number of amides is 2. The van der Waals surface area contributed by atoms with Crippen LogP contribution in [0.2, 0.25) is 0 Å². The van der Waals surface area contributed by atoms with E-state index >= 15 is 0 Å². The van der Waals surface area contributed by atoms with E-state index in [9.17, 15) is 22.8 Å². The van der Waals surface area contributed by atoms with Gasteiger partial charge in [-0.2, -0.15) is 13.2 Å². The van der Waals surface area contributed by atoms with Crippen LogP contribution in [0.15, 0.2) is 22.8 Å². The van der Waals surface area contributed by atoms with Crippen LogP contribution in [-0.2, 0) is 4.79 Å². The number of urea groups is 1. The van der Waals surface area contributed by atoms with Crippen LogP contribution < -0.4 is 5.32 Å². The van der Waals surface area contributed by atoms with Gasteiger partial charge in [-0.1, -0.05) is 6.07 Å². The number of rotatable bonds is 2. The van der Waals surface area contributed by atoms with Gasteiger partial charge in [0.05, 0.1) is 17.5 Å². The van der Waals surface area contributed by atoms with Crippen LogP contribution in [0.25, 0.3) is 11.0 Å². The Kier molecular flexibility index (Phi) is 3.78. The molecule has 24 heavy (non-hydrogen) atoms. The number of aromatic nitrogens is 2. The van der Waals surface area contributed by atoms with E-state index in [1.165, 1.54) is 6.07 Å². The Morgan fingerprint density at radius 3 is 2.67 bits per heavy atom. The minimum atomic E-state index is -4.70. The van der Waals surface area contributed by atoms with E-state index in [1.54, 1.807) is 12.1 Å². The zero-order chi connectivity index (χ0) is 17.5. The smallest absolute Gasteiger partial charge is 0.394 e. The Morgan fingerprint density at radius 2 is 2.04 bits per heavy atom. The number of carboxylic acids is 1. The molecule has 0 bridgehead atoms. The summed E-state index contributed by atoms with van der Waals surface area (Å²) in [5.74, 6) is -5.39. The number of alkyl halides is 3. The maximum atomic E-state index is 12.9. The highest BCUT2D eigenvalue weighted by Crippen LogP contribution is 2.38. The molecule has 0 saturated carbocycles. The van der Waals surface area contributed by atoms with Gasteiger partial charge in [-0.05, 0) is 22.4 Å². The Balaban J connectivity index is 1.78. The van der Waals surface area contributed by atoms with E-state index in [4.69, 9.17) is 5.11 Å². The molecule has 2 aromatic rings. The number of carboxylic acid groups (broad SMARTS) is 1. The van der Waals surface area contributed by atoms with Crippen LogP contribution in [0, 0.1) is 11.8 Å². The first-order chi connectivity index (χ1) is 11.3. The topological polar surface area (TPSA) is 109 Å². The third-order valence-corrected chi connectivity index (χ3v) is 3.87. The number of carbonyl (C=O) groups excluding carboxylic acids is 1. The van der Waals surface area contributed by atoms with Crippen LogP contribution in [0.4, 0.5) is 23.7 Å². The predicted molar refractivity (Wildman–Crippen MR) is 73.1 cm³/mol. The van der Waals surface area contributed by atoms with Gasteiger partial charge >= 0.3 is 18.2 Å². The molecule has 1 aromatic carbocycles. The van der Waals surface area contributed by atoms with Crippen molar-refractivity contribution in [3.8, 4) is 0 Å². The lowest BCUT2D eigenvalue weighted by Gasteiger charge is -2.18. The highest BCUT2D eigenvalue weighted by Gasteiger charge is 2.53. The van der Waals surface area contributed by atoms with Gasteiger partial charge in [0.15, 0.2) is 5.52 Å². The number of benzene rings is 1. The number of carbonyl (C=O) groups is 2. The second-order valence-corrected chi connectivity index (χ2v) is 5.37. The summed E-state index contributed by atoms with van der Waals surface area (Å²) in [4.78, 5) is 24.1. The van der Waals surface area contributed by atoms with E-state index in [2.05, 4.69) is 20.3 Å². The van der Waals surface area contributed by atoms with Crippen molar-refractivity contribution in [1.82, 2.24) is 15.2 Å². The summed E-state index contributed by atoms with van der Waals surface area (Å²) >= 11 is 0. The zero-order valence-electron chi connectivity index (χ0n) is 11.9. The number of likely N-dealkylation sites (tertiary alicyclic amines) is 1. The van der Waals surface area contributed by atoms with E-state index in [0.717, 1.165) is 4.90 Å². The number of fused-ring (bicyclic) bond motifs is 1. The lowest BCUT2D eigenvalue weighted by Crippen LogP contribution is -2.35. The van der Waals surface area contributed by atoms with E-state index in [1.807, 2.05) is 0 Å². The Bertz CT molecular complexity index is 791. The number of nitrogens with zero attached hydrogens (tertiary/aromatic N) is 3. The van der Waals surface area contributed by atoms with Crippen LogP contribution in [0.1, 0.15) is 0 Å². The molecule has 1 saturated heterocycles. The molecule has 128 valence electrons. The number of nitrogens with one attached hydrogen (secondary N) is 1. The maximum Gasteiger partial charge on any atom is 0.394 e. The molecule has 0 unspecified atom stereocenters. The van der Waals surface area contributed by atoms with Gasteiger partial charge in [-0.15, -0.1) is 0 Å². The molecule has 1 aliphatic heterocycles. The Labute approximate surface area is 132 Å². The largest absolute Gasteiger partial charge is 0.481 e. The second kappa shape index (κ2) is 5.65. The monoisotopic (exact) mass is 344 g/mol. The minimum Gasteiger partial charge on any atom is -0.481 e. The van der Waals surface area contributed by atoms with Crippen molar-refractivity contribution in [2.75, 3.05) is 18.4 Å². The molecular weight excluding hydrogens is 333 g/mol. The molecule has 1 fully saturated rings. The van der Waals surface area contributed by atoms with Crippen LogP contribution >= 0.6 is 0 Å². The van der Waals surface area contributed by atoms with Gasteiger partial charge in [-0.25, -0.2) is 9.42 Å². The normalized spacial score (nSPS) is 21.2. The molecule has 0 radical (unpaired) electrons. The lowest BCUT2D eigenvalue weighted by atomic mass is 9.96. The summed E-state index contributed by atoms with van der Waals surface area (Å²) in [6.07, 6.45) is -4.70. The van der Waals surface area contributed by atoms with Crippen molar-refractivity contribution in [2.24, 2.45) is 11.8 Å². The number of halogens is 3. The van der Waals surface area contributed by atoms with Gasteiger partial charge < -0.3 is 15.3 Å². The van der Waals surface area contributed by atoms with Crippen LogP contribution in [0.3, 0.4) is 0 Å². The summed E-state index contributed by atoms with van der Waals surface area (Å²) in [7, 11) is 0. The average molecular weight is 344 g/mol. The van der Waals surface area contributed by atoms with Gasteiger partial charge in [0, 0.05) is 13.1 Å². The van der Waals surface area contributed by atoms with Crippen LogP contribution in [-0.4, -0.2) is 51.6 Å². The van der Waals surface area contributed by atoms with Crippen molar-refractivity contribution >= 4 is 28.7 Å². The van der Waals surface area contributed by atoms with E-state index in [-0.39, 0.29) is 11.2 Å².